The molecule has 2 N–H and O–H groups in total. The van der Waals surface area contributed by atoms with Gasteiger partial charge < -0.3 is 15.4 Å². The molecule has 1 atom stereocenters. The summed E-state index contributed by atoms with van der Waals surface area (Å²) in [6, 6.07) is 3.74. The Hall–Kier alpha value is -1.20. The third-order valence-electron chi connectivity index (χ3n) is 1.84. The highest BCUT2D eigenvalue weighted by molar-refractivity contribution is 5.35. The molecule has 0 aromatic carbocycles. The van der Waals surface area contributed by atoms with Gasteiger partial charge in [-0.1, -0.05) is 0 Å². The van der Waals surface area contributed by atoms with Gasteiger partial charge in [-0.25, -0.2) is 0 Å². The lowest BCUT2D eigenvalue weighted by Crippen LogP contribution is -2.38. The fourth-order valence-electron chi connectivity index (χ4n) is 1.21. The Balaban J connectivity index is 2.46. The first-order valence-corrected chi connectivity index (χ1v) is 4.47. The second kappa shape index (κ2) is 5.51. The quantitative estimate of drug-likeness (QED) is 0.711. The molecule has 1 rings (SSSR count). The standard InChI is InChI=1S/C9H16N4O/c1-13(6-8(10)7-14-2)9-4-3-5-11-12-9/h3-5,8H,6-7,10H2,1-2H3. The lowest BCUT2D eigenvalue weighted by atomic mass is 10.3. The monoisotopic (exact) mass is 196 g/mol. The zero-order valence-corrected chi connectivity index (χ0v) is 8.55. The van der Waals surface area contributed by atoms with E-state index in [1.165, 1.54) is 0 Å². The Bertz CT molecular complexity index is 254. The van der Waals surface area contributed by atoms with Crippen molar-refractivity contribution in [2.24, 2.45) is 5.73 Å². The van der Waals surface area contributed by atoms with E-state index in [0.29, 0.717) is 13.2 Å². The number of nitrogens with zero attached hydrogens (tertiary/aromatic N) is 3. The number of rotatable bonds is 5. The van der Waals surface area contributed by atoms with E-state index in [0.717, 1.165) is 5.82 Å². The van der Waals surface area contributed by atoms with Gasteiger partial charge in [-0.15, -0.1) is 5.10 Å². The number of ether oxygens (including phenoxy) is 1. The van der Waals surface area contributed by atoms with Gasteiger partial charge in [-0.3, -0.25) is 0 Å². The minimum atomic E-state index is -0.00740. The van der Waals surface area contributed by atoms with Crippen LogP contribution < -0.4 is 10.6 Å². The van der Waals surface area contributed by atoms with Crippen molar-refractivity contribution in [1.29, 1.82) is 0 Å². The smallest absolute Gasteiger partial charge is 0.151 e. The molecule has 0 radical (unpaired) electrons. The van der Waals surface area contributed by atoms with Crippen LogP contribution in [0, 0.1) is 0 Å². The van der Waals surface area contributed by atoms with Crippen LogP contribution in [0.1, 0.15) is 0 Å². The highest BCUT2D eigenvalue weighted by atomic mass is 16.5. The summed E-state index contributed by atoms with van der Waals surface area (Å²) in [6.07, 6.45) is 1.65. The fraction of sp³-hybridized carbons (Fsp3) is 0.556. The Morgan fingerprint density at radius 2 is 2.43 bits per heavy atom. The molecule has 5 heteroatoms. The summed E-state index contributed by atoms with van der Waals surface area (Å²) >= 11 is 0. The maximum absolute atomic E-state index is 5.81. The van der Waals surface area contributed by atoms with Crippen LogP contribution in [0.25, 0.3) is 0 Å². The van der Waals surface area contributed by atoms with Gasteiger partial charge in [-0.05, 0) is 12.1 Å². The van der Waals surface area contributed by atoms with Gasteiger partial charge in [0.1, 0.15) is 0 Å². The van der Waals surface area contributed by atoms with Gasteiger partial charge in [0.15, 0.2) is 5.82 Å². The van der Waals surface area contributed by atoms with E-state index in [1.54, 1.807) is 13.3 Å². The average Bonchev–Trinajstić information content (AvgIpc) is 2.19. The van der Waals surface area contributed by atoms with Crippen LogP contribution in [-0.2, 0) is 4.74 Å². The molecule has 1 unspecified atom stereocenters. The van der Waals surface area contributed by atoms with Crippen LogP contribution in [0.3, 0.4) is 0 Å². The molecule has 78 valence electrons. The minimum Gasteiger partial charge on any atom is -0.383 e. The molecule has 1 aromatic heterocycles. The van der Waals surface area contributed by atoms with Crippen LogP contribution in [-0.4, -0.2) is 43.5 Å². The molecule has 0 saturated carbocycles. The van der Waals surface area contributed by atoms with Crippen molar-refractivity contribution < 1.29 is 4.74 Å². The van der Waals surface area contributed by atoms with Gasteiger partial charge in [0.05, 0.1) is 6.61 Å². The van der Waals surface area contributed by atoms with E-state index >= 15 is 0 Å². The van der Waals surface area contributed by atoms with E-state index in [2.05, 4.69) is 10.2 Å². The number of nitrogens with two attached hydrogens (primary N) is 1. The first-order valence-electron chi connectivity index (χ1n) is 4.47. The summed E-state index contributed by atoms with van der Waals surface area (Å²) in [5, 5.41) is 7.77. The van der Waals surface area contributed by atoms with Gasteiger partial charge >= 0.3 is 0 Å². The van der Waals surface area contributed by atoms with E-state index in [4.69, 9.17) is 10.5 Å². The number of anilines is 1. The SMILES string of the molecule is COCC(N)CN(C)c1cccnn1. The topological polar surface area (TPSA) is 64.3 Å². The first-order chi connectivity index (χ1) is 6.74. The Morgan fingerprint density at radius 1 is 1.64 bits per heavy atom. The first kappa shape index (κ1) is 10.9. The zero-order valence-electron chi connectivity index (χ0n) is 8.55. The lowest BCUT2D eigenvalue weighted by Gasteiger charge is -2.21. The van der Waals surface area contributed by atoms with Gasteiger partial charge in [0.25, 0.3) is 0 Å². The van der Waals surface area contributed by atoms with Crippen molar-refractivity contribution in [3.8, 4) is 0 Å². The molecule has 0 saturated heterocycles. The Morgan fingerprint density at radius 3 is 3.00 bits per heavy atom. The fourth-order valence-corrected chi connectivity index (χ4v) is 1.21. The highest BCUT2D eigenvalue weighted by Crippen LogP contribution is 2.04. The number of hydrogen-bond donors (Lipinski definition) is 1. The predicted octanol–water partition coefficient (Wildman–Crippen LogP) is -0.114. The summed E-state index contributed by atoms with van der Waals surface area (Å²) in [5.74, 6) is 0.819. The number of aromatic nitrogens is 2. The van der Waals surface area contributed by atoms with E-state index in [9.17, 15) is 0 Å². The highest BCUT2D eigenvalue weighted by Gasteiger charge is 2.07. The molecule has 0 aliphatic carbocycles. The molecule has 0 amide bonds. The number of hydrogen-bond acceptors (Lipinski definition) is 5. The summed E-state index contributed by atoms with van der Waals surface area (Å²) < 4.78 is 4.95. The van der Waals surface area contributed by atoms with Crippen LogP contribution in [0.2, 0.25) is 0 Å². The zero-order chi connectivity index (χ0) is 10.4. The lowest BCUT2D eigenvalue weighted by molar-refractivity contribution is 0.181. The third-order valence-corrected chi connectivity index (χ3v) is 1.84. The molecule has 5 nitrogen and oxygen atoms in total. The van der Waals surface area contributed by atoms with Gasteiger partial charge in [0.2, 0.25) is 0 Å². The van der Waals surface area contributed by atoms with Crippen LogP contribution in [0.4, 0.5) is 5.82 Å². The summed E-state index contributed by atoms with van der Waals surface area (Å²) in [6.45, 7) is 1.25. The average molecular weight is 196 g/mol. The van der Waals surface area contributed by atoms with Crippen LogP contribution in [0.5, 0.6) is 0 Å². The molecular formula is C9H16N4O. The van der Waals surface area contributed by atoms with Gasteiger partial charge in [0, 0.05) is 32.9 Å². The number of likely N-dealkylation sites (N-methyl/N-ethyl adjacent to an activating group) is 1. The Kier molecular flexibility index (Phi) is 4.28. The minimum absolute atomic E-state index is 0.00740. The van der Waals surface area contributed by atoms with Crippen molar-refractivity contribution >= 4 is 5.82 Å². The maximum Gasteiger partial charge on any atom is 0.151 e. The molecule has 14 heavy (non-hydrogen) atoms. The van der Waals surface area contributed by atoms with Crippen molar-refractivity contribution in [3.05, 3.63) is 18.3 Å². The molecular weight excluding hydrogens is 180 g/mol. The normalized spacial score (nSPS) is 12.5. The van der Waals surface area contributed by atoms with Crippen molar-refractivity contribution in [3.63, 3.8) is 0 Å². The molecule has 0 aliphatic rings. The second-order valence-corrected chi connectivity index (χ2v) is 3.18. The summed E-state index contributed by atoms with van der Waals surface area (Å²) in [7, 11) is 3.57. The molecule has 1 aromatic rings. The van der Waals surface area contributed by atoms with Crippen molar-refractivity contribution in [1.82, 2.24) is 10.2 Å². The van der Waals surface area contributed by atoms with Gasteiger partial charge in [-0.2, -0.15) is 5.10 Å². The summed E-state index contributed by atoms with van der Waals surface area (Å²) in [5.41, 5.74) is 5.81. The van der Waals surface area contributed by atoms with Crippen LogP contribution in [0.15, 0.2) is 18.3 Å². The predicted molar refractivity (Wildman–Crippen MR) is 55.2 cm³/mol. The molecule has 0 aliphatic heterocycles. The van der Waals surface area contributed by atoms with E-state index in [1.807, 2.05) is 24.1 Å². The number of methoxy groups -OCH3 is 1. The Labute approximate surface area is 83.9 Å². The molecule has 1 heterocycles. The molecule has 0 fully saturated rings. The largest absolute Gasteiger partial charge is 0.383 e. The van der Waals surface area contributed by atoms with Crippen molar-refractivity contribution in [2.45, 2.75) is 6.04 Å². The van der Waals surface area contributed by atoms with Crippen LogP contribution >= 0.6 is 0 Å². The third kappa shape index (κ3) is 3.27. The molecule has 0 spiro atoms. The van der Waals surface area contributed by atoms with E-state index < -0.39 is 0 Å². The molecule has 0 bridgehead atoms. The maximum atomic E-state index is 5.81. The van der Waals surface area contributed by atoms with E-state index in [-0.39, 0.29) is 6.04 Å². The second-order valence-electron chi connectivity index (χ2n) is 3.18. The summed E-state index contributed by atoms with van der Waals surface area (Å²) in [4.78, 5) is 1.96. The van der Waals surface area contributed by atoms with Crippen molar-refractivity contribution in [2.75, 3.05) is 32.2 Å².